The van der Waals surface area contributed by atoms with Crippen molar-refractivity contribution in [1.29, 1.82) is 0 Å². The molecule has 0 aliphatic rings. The summed E-state index contributed by atoms with van der Waals surface area (Å²) in [5.41, 5.74) is 2.28. The van der Waals surface area contributed by atoms with Crippen molar-refractivity contribution < 1.29 is 18.0 Å². The van der Waals surface area contributed by atoms with E-state index in [2.05, 4.69) is 15.6 Å². The molecule has 0 fully saturated rings. The van der Waals surface area contributed by atoms with Crippen LogP contribution in [0.3, 0.4) is 0 Å². The highest BCUT2D eigenvalue weighted by Gasteiger charge is 2.30. The summed E-state index contributed by atoms with van der Waals surface area (Å²) in [6.07, 6.45) is 3.00. The molecule has 7 nitrogen and oxygen atoms in total. The summed E-state index contributed by atoms with van der Waals surface area (Å²) in [4.78, 5) is 28.2. The number of rotatable bonds is 7. The van der Waals surface area contributed by atoms with E-state index in [4.69, 9.17) is 0 Å². The van der Waals surface area contributed by atoms with E-state index < -0.39 is 26.9 Å². The van der Waals surface area contributed by atoms with Crippen molar-refractivity contribution >= 4 is 21.7 Å². The minimum absolute atomic E-state index is 0.160. The van der Waals surface area contributed by atoms with Crippen LogP contribution in [-0.2, 0) is 19.4 Å². The van der Waals surface area contributed by atoms with Crippen LogP contribution in [-0.4, -0.2) is 38.3 Å². The van der Waals surface area contributed by atoms with Crippen LogP contribution in [0.4, 0.5) is 0 Å². The Hall–Kier alpha value is -2.74. The largest absolute Gasteiger partial charge is 0.348 e. The van der Waals surface area contributed by atoms with Crippen LogP contribution in [0.15, 0.2) is 47.6 Å². The highest BCUT2D eigenvalue weighted by Crippen LogP contribution is 2.29. The van der Waals surface area contributed by atoms with E-state index >= 15 is 0 Å². The zero-order chi connectivity index (χ0) is 21.6. The van der Waals surface area contributed by atoms with E-state index in [1.807, 2.05) is 27.7 Å². The number of amides is 2. The van der Waals surface area contributed by atoms with Crippen molar-refractivity contribution in [1.82, 2.24) is 15.6 Å². The summed E-state index contributed by atoms with van der Waals surface area (Å²) >= 11 is 0. The molecule has 0 aliphatic heterocycles. The maximum Gasteiger partial charge on any atom is 0.309 e. The molecular weight excluding hydrogens is 390 g/mol. The molecule has 0 saturated heterocycles. The number of hydrogen-bond acceptors (Lipinski definition) is 5. The van der Waals surface area contributed by atoms with Crippen molar-refractivity contribution in [3.05, 3.63) is 59.4 Å². The molecule has 0 radical (unpaired) electrons. The Bertz CT molecular complexity index is 973. The van der Waals surface area contributed by atoms with Crippen LogP contribution < -0.4 is 10.6 Å². The van der Waals surface area contributed by atoms with E-state index in [1.165, 1.54) is 6.20 Å². The third kappa shape index (κ3) is 5.87. The second kappa shape index (κ2) is 9.65. The summed E-state index contributed by atoms with van der Waals surface area (Å²) in [6, 6.07) is 8.19. The maximum atomic E-state index is 13.3. The molecule has 29 heavy (non-hydrogen) atoms. The SMILES string of the molecule is Cc1ccc(S(=O)(=O)[C@@H](CNC(=O)C(=O)NCC(C)C)c2cccnc2)cc1C. The second-order valence-corrected chi connectivity index (χ2v) is 9.51. The first-order chi connectivity index (χ1) is 13.6. The van der Waals surface area contributed by atoms with Crippen molar-refractivity contribution in [2.75, 3.05) is 13.1 Å². The van der Waals surface area contributed by atoms with Gasteiger partial charge in [-0.2, -0.15) is 0 Å². The van der Waals surface area contributed by atoms with Gasteiger partial charge < -0.3 is 10.6 Å². The molecule has 1 atom stereocenters. The summed E-state index contributed by atoms with van der Waals surface area (Å²) in [7, 11) is -3.83. The average molecular weight is 418 g/mol. The number of hydrogen-bond donors (Lipinski definition) is 2. The van der Waals surface area contributed by atoms with Gasteiger partial charge >= 0.3 is 11.8 Å². The van der Waals surface area contributed by atoms with Crippen LogP contribution in [0.1, 0.15) is 35.8 Å². The van der Waals surface area contributed by atoms with Gasteiger partial charge in [0.25, 0.3) is 0 Å². The molecule has 2 N–H and O–H groups in total. The van der Waals surface area contributed by atoms with Crippen LogP contribution in [0, 0.1) is 19.8 Å². The van der Waals surface area contributed by atoms with E-state index in [0.717, 1.165) is 11.1 Å². The van der Waals surface area contributed by atoms with Crippen molar-refractivity contribution in [2.45, 2.75) is 37.8 Å². The van der Waals surface area contributed by atoms with Gasteiger partial charge in [0.05, 0.1) is 4.90 Å². The molecule has 1 aromatic carbocycles. The van der Waals surface area contributed by atoms with Crippen molar-refractivity contribution in [3.63, 3.8) is 0 Å². The highest BCUT2D eigenvalue weighted by atomic mass is 32.2. The molecule has 8 heteroatoms. The molecule has 156 valence electrons. The molecule has 1 aromatic heterocycles. The highest BCUT2D eigenvalue weighted by molar-refractivity contribution is 7.91. The summed E-state index contributed by atoms with van der Waals surface area (Å²) in [5, 5.41) is 3.90. The Balaban J connectivity index is 2.27. The Morgan fingerprint density at radius 1 is 1.00 bits per heavy atom. The van der Waals surface area contributed by atoms with E-state index in [-0.39, 0.29) is 17.4 Å². The lowest BCUT2D eigenvalue weighted by atomic mass is 10.1. The minimum Gasteiger partial charge on any atom is -0.348 e. The fourth-order valence-electron chi connectivity index (χ4n) is 2.67. The fourth-order valence-corrected chi connectivity index (χ4v) is 4.40. The minimum atomic E-state index is -3.83. The molecule has 0 bridgehead atoms. The smallest absolute Gasteiger partial charge is 0.309 e. The van der Waals surface area contributed by atoms with E-state index in [1.54, 1.807) is 36.5 Å². The first kappa shape index (κ1) is 22.5. The zero-order valence-corrected chi connectivity index (χ0v) is 17.9. The van der Waals surface area contributed by atoms with Crippen LogP contribution >= 0.6 is 0 Å². The Kier molecular flexibility index (Phi) is 7.50. The molecular formula is C21H27N3O4S. The van der Waals surface area contributed by atoms with Gasteiger partial charge in [0, 0.05) is 25.5 Å². The van der Waals surface area contributed by atoms with Gasteiger partial charge in [-0.15, -0.1) is 0 Å². The van der Waals surface area contributed by atoms with Crippen LogP contribution in [0.2, 0.25) is 0 Å². The summed E-state index contributed by atoms with van der Waals surface area (Å²) in [5.74, 6) is -1.46. The number of aromatic nitrogens is 1. The Labute approximate surface area is 171 Å². The number of carbonyl (C=O) groups excluding carboxylic acids is 2. The molecule has 0 unspecified atom stereocenters. The summed E-state index contributed by atoms with van der Waals surface area (Å²) in [6.45, 7) is 7.68. The van der Waals surface area contributed by atoms with E-state index in [0.29, 0.717) is 12.1 Å². The average Bonchev–Trinajstić information content (AvgIpc) is 2.68. The molecule has 2 aromatic rings. The predicted molar refractivity (Wildman–Crippen MR) is 111 cm³/mol. The molecule has 1 heterocycles. The number of nitrogens with one attached hydrogen (secondary N) is 2. The first-order valence-corrected chi connectivity index (χ1v) is 10.9. The van der Waals surface area contributed by atoms with E-state index in [9.17, 15) is 18.0 Å². The number of aryl methyl sites for hydroxylation is 2. The first-order valence-electron chi connectivity index (χ1n) is 9.40. The number of carbonyl (C=O) groups is 2. The van der Waals surface area contributed by atoms with Crippen LogP contribution in [0.25, 0.3) is 0 Å². The van der Waals surface area contributed by atoms with Gasteiger partial charge in [0.15, 0.2) is 9.84 Å². The molecule has 0 saturated carbocycles. The monoisotopic (exact) mass is 417 g/mol. The van der Waals surface area contributed by atoms with Crippen molar-refractivity contribution in [3.8, 4) is 0 Å². The quantitative estimate of drug-likeness (QED) is 0.671. The summed E-state index contributed by atoms with van der Waals surface area (Å²) < 4.78 is 26.6. The number of pyridine rings is 1. The normalized spacial score (nSPS) is 12.4. The van der Waals surface area contributed by atoms with Gasteiger partial charge in [-0.05, 0) is 54.7 Å². The lowest BCUT2D eigenvalue weighted by molar-refractivity contribution is -0.139. The molecule has 2 rings (SSSR count). The predicted octanol–water partition coefficient (Wildman–Crippen LogP) is 2.10. The van der Waals surface area contributed by atoms with Gasteiger partial charge in [-0.25, -0.2) is 8.42 Å². The Morgan fingerprint density at radius 2 is 1.66 bits per heavy atom. The second-order valence-electron chi connectivity index (χ2n) is 7.38. The third-order valence-electron chi connectivity index (χ3n) is 4.56. The molecule has 0 aliphatic carbocycles. The van der Waals surface area contributed by atoms with Gasteiger partial charge in [0.1, 0.15) is 5.25 Å². The topological polar surface area (TPSA) is 105 Å². The third-order valence-corrected chi connectivity index (χ3v) is 6.66. The van der Waals surface area contributed by atoms with Gasteiger partial charge in [0.2, 0.25) is 0 Å². The standard InChI is InChI=1S/C21H27N3O4S/c1-14(2)11-23-20(25)21(26)24-13-19(17-6-5-9-22-12-17)29(27,28)18-8-7-15(3)16(4)10-18/h5-10,12,14,19H,11,13H2,1-4H3,(H,23,25)(H,24,26)/t19-/m0/s1. The number of benzene rings is 1. The Morgan fingerprint density at radius 3 is 2.21 bits per heavy atom. The fraction of sp³-hybridized carbons (Fsp3) is 0.381. The number of sulfone groups is 1. The van der Waals surface area contributed by atoms with Crippen molar-refractivity contribution in [2.24, 2.45) is 5.92 Å². The van der Waals surface area contributed by atoms with Gasteiger partial charge in [-0.1, -0.05) is 26.0 Å². The van der Waals surface area contributed by atoms with Crippen LogP contribution in [0.5, 0.6) is 0 Å². The molecule has 0 spiro atoms. The lowest BCUT2D eigenvalue weighted by Gasteiger charge is -2.19. The zero-order valence-electron chi connectivity index (χ0n) is 17.1. The maximum absolute atomic E-state index is 13.3. The van der Waals surface area contributed by atoms with Gasteiger partial charge in [-0.3, -0.25) is 14.6 Å². The lowest BCUT2D eigenvalue weighted by Crippen LogP contribution is -2.43. The molecule has 2 amide bonds. The number of nitrogens with zero attached hydrogens (tertiary/aromatic N) is 1.